The molecule has 370 valence electrons. The molecular weight excluding hydrogens is 936 g/mol. The summed E-state index contributed by atoms with van der Waals surface area (Å²) in [5.74, 6) is 0. The first-order chi connectivity index (χ1) is 36.5. The van der Waals surface area contributed by atoms with Crippen molar-refractivity contribution in [3.63, 3.8) is 0 Å². The predicted molar refractivity (Wildman–Crippen MR) is 326 cm³/mol. The van der Waals surface area contributed by atoms with Crippen LogP contribution in [0.1, 0.15) is 107 Å². The topological polar surface area (TPSA) is 6.48 Å². The van der Waals surface area contributed by atoms with E-state index in [9.17, 15) is 0 Å². The number of anilines is 6. The Bertz CT molecular complexity index is 4010. The maximum absolute atomic E-state index is 2.67. The van der Waals surface area contributed by atoms with E-state index in [1.165, 1.54) is 132 Å². The molecule has 10 aromatic rings. The van der Waals surface area contributed by atoms with Gasteiger partial charge in [-0.3, -0.25) is 0 Å². The molecule has 14 rings (SSSR count). The van der Waals surface area contributed by atoms with Crippen LogP contribution in [0.3, 0.4) is 0 Å². The number of fused-ring (bicyclic) bond motifs is 15. The highest BCUT2D eigenvalue weighted by Crippen LogP contribution is 2.64. The monoisotopic (exact) mass is 998 g/mol. The third kappa shape index (κ3) is 6.82. The van der Waals surface area contributed by atoms with Crippen LogP contribution in [0.2, 0.25) is 0 Å². The minimum Gasteiger partial charge on any atom is -0.311 e. The van der Waals surface area contributed by atoms with Gasteiger partial charge in [0.2, 0.25) is 0 Å². The molecule has 0 N–H and O–H groups in total. The molecule has 4 aliphatic rings. The summed E-state index contributed by atoms with van der Waals surface area (Å²) in [6, 6.07) is 77.9. The molecule has 1 spiro atoms. The minimum absolute atomic E-state index is 0.00142. The molecule has 10 aromatic carbocycles. The van der Waals surface area contributed by atoms with Crippen LogP contribution in [0, 0.1) is 6.92 Å². The number of benzene rings is 10. The zero-order chi connectivity index (χ0) is 52.2. The lowest BCUT2D eigenvalue weighted by molar-refractivity contribution is 0.590. The van der Waals surface area contributed by atoms with E-state index in [2.05, 4.69) is 279 Å². The van der Waals surface area contributed by atoms with E-state index in [1.807, 2.05) is 11.8 Å². The van der Waals surface area contributed by atoms with Gasteiger partial charge in [-0.1, -0.05) is 214 Å². The molecule has 0 radical (unpaired) electrons. The molecule has 1 aliphatic carbocycles. The van der Waals surface area contributed by atoms with Gasteiger partial charge in [-0.2, -0.15) is 0 Å². The number of hydrogen-bond acceptors (Lipinski definition) is 3. The van der Waals surface area contributed by atoms with Crippen molar-refractivity contribution >= 4 is 79.8 Å². The molecule has 4 heteroatoms. The second-order valence-corrected chi connectivity index (χ2v) is 26.1. The first-order valence-electron chi connectivity index (χ1n) is 27.3. The summed E-state index contributed by atoms with van der Waals surface area (Å²) in [5, 5.41) is 2.56. The Kier molecular flexibility index (Phi) is 10.2. The van der Waals surface area contributed by atoms with Crippen molar-refractivity contribution in [2.45, 2.75) is 101 Å². The predicted octanol–water partition coefficient (Wildman–Crippen LogP) is 17.6. The Balaban J connectivity index is 1.14. The minimum atomic E-state index is -0.560. The van der Waals surface area contributed by atoms with E-state index in [0.717, 1.165) is 5.69 Å². The lowest BCUT2D eigenvalue weighted by atomic mass is 9.33. The summed E-state index contributed by atoms with van der Waals surface area (Å²) in [5.41, 5.74) is 26.3. The van der Waals surface area contributed by atoms with Crippen molar-refractivity contribution in [3.8, 4) is 22.3 Å². The average Bonchev–Trinajstić information content (AvgIpc) is 3.82. The van der Waals surface area contributed by atoms with Gasteiger partial charge in [0.15, 0.2) is 0 Å². The lowest BCUT2D eigenvalue weighted by Gasteiger charge is -2.46. The van der Waals surface area contributed by atoms with Crippen LogP contribution in [0.25, 0.3) is 33.0 Å². The van der Waals surface area contributed by atoms with Gasteiger partial charge in [0.25, 0.3) is 6.71 Å². The Morgan fingerprint density at radius 3 is 1.64 bits per heavy atom. The molecule has 0 unspecified atom stereocenters. The van der Waals surface area contributed by atoms with Gasteiger partial charge < -0.3 is 9.80 Å². The van der Waals surface area contributed by atoms with Crippen molar-refractivity contribution < 1.29 is 0 Å². The van der Waals surface area contributed by atoms with Gasteiger partial charge in [-0.25, -0.2) is 0 Å². The van der Waals surface area contributed by atoms with Crippen LogP contribution in [0.4, 0.5) is 34.1 Å². The molecule has 0 atom stereocenters. The molecular formula is C72H63BN2S. The molecule has 3 aliphatic heterocycles. The summed E-state index contributed by atoms with van der Waals surface area (Å²) in [6.07, 6.45) is 0. The summed E-state index contributed by atoms with van der Waals surface area (Å²) in [4.78, 5) is 7.90. The molecule has 76 heavy (non-hydrogen) atoms. The molecule has 0 amide bonds. The average molecular weight is 999 g/mol. The van der Waals surface area contributed by atoms with E-state index in [1.54, 1.807) is 0 Å². The second-order valence-electron chi connectivity index (χ2n) is 25.0. The first kappa shape index (κ1) is 47.0. The summed E-state index contributed by atoms with van der Waals surface area (Å²) >= 11 is 1.91. The standard InChI is InChI=1S/C72H63BN2S/c1-44-38-63-68-64(39-44)75(60-36-31-48(70(5,6)7)40-52(60)45-20-12-11-13-21-45)61-37-32-49(71(8,9)10)41-58(61)73(68)59-42-53-57(43-62(59)74(63)50-33-29-47(30-34-50)69(2,3)4)72(56-35-28-46-22-14-15-23-51(46)67(53)56)54-24-16-18-26-65(54)76-66-27-19-17-25-55(66)72/h11-43H,1-10H3. The van der Waals surface area contributed by atoms with E-state index < -0.39 is 5.41 Å². The van der Waals surface area contributed by atoms with E-state index in [0.29, 0.717) is 0 Å². The maximum atomic E-state index is 2.67. The van der Waals surface area contributed by atoms with Gasteiger partial charge >= 0.3 is 0 Å². The summed E-state index contributed by atoms with van der Waals surface area (Å²) in [6.45, 7) is 23.2. The van der Waals surface area contributed by atoms with Crippen LogP contribution < -0.4 is 26.2 Å². The molecule has 0 aromatic heterocycles. The fourth-order valence-electron chi connectivity index (χ4n) is 13.5. The van der Waals surface area contributed by atoms with Gasteiger partial charge in [-0.15, -0.1) is 0 Å². The van der Waals surface area contributed by atoms with Crippen molar-refractivity contribution in [1.29, 1.82) is 0 Å². The highest BCUT2D eigenvalue weighted by Gasteiger charge is 2.53. The highest BCUT2D eigenvalue weighted by molar-refractivity contribution is 7.99. The fourth-order valence-corrected chi connectivity index (χ4v) is 14.6. The van der Waals surface area contributed by atoms with Gasteiger partial charge in [-0.05, 0) is 172 Å². The molecule has 2 nitrogen and oxygen atoms in total. The van der Waals surface area contributed by atoms with Crippen LogP contribution in [-0.2, 0) is 21.7 Å². The second kappa shape index (κ2) is 16.5. The van der Waals surface area contributed by atoms with Crippen LogP contribution >= 0.6 is 11.8 Å². The smallest absolute Gasteiger partial charge is 0.252 e. The van der Waals surface area contributed by atoms with Gasteiger partial charge in [0.1, 0.15) is 0 Å². The summed E-state index contributed by atoms with van der Waals surface area (Å²) < 4.78 is 0. The quantitative estimate of drug-likeness (QED) is 0.163. The number of hydrogen-bond donors (Lipinski definition) is 0. The Morgan fingerprint density at radius 2 is 0.974 bits per heavy atom. The first-order valence-corrected chi connectivity index (χ1v) is 28.1. The molecule has 0 bridgehead atoms. The Morgan fingerprint density at radius 1 is 0.408 bits per heavy atom. The Hall–Kier alpha value is -7.53. The maximum Gasteiger partial charge on any atom is 0.252 e. The number of rotatable bonds is 3. The van der Waals surface area contributed by atoms with E-state index in [4.69, 9.17) is 0 Å². The fraction of sp³-hybridized carbons (Fsp3) is 0.194. The molecule has 3 heterocycles. The SMILES string of the molecule is Cc1cc2c3c(c1)N(c1ccc(C(C)(C)C)cc1-c1ccccc1)c1ccc(C(C)(C)C)cc1B3c1cc3c(cc1N2c1ccc(C(C)(C)C)cc1)C1(c2ccccc2Sc2ccccc21)c1ccc2ccccc2c1-3. The Labute approximate surface area is 454 Å². The largest absolute Gasteiger partial charge is 0.311 e. The van der Waals surface area contributed by atoms with Crippen molar-refractivity contribution in [1.82, 2.24) is 0 Å². The van der Waals surface area contributed by atoms with Crippen molar-refractivity contribution in [3.05, 3.63) is 245 Å². The van der Waals surface area contributed by atoms with E-state index in [-0.39, 0.29) is 23.0 Å². The zero-order valence-electron chi connectivity index (χ0n) is 45.4. The van der Waals surface area contributed by atoms with E-state index >= 15 is 0 Å². The third-order valence-electron chi connectivity index (χ3n) is 17.2. The number of aryl methyl sites for hydroxylation is 1. The normalized spacial score (nSPS) is 14.7. The van der Waals surface area contributed by atoms with Gasteiger partial charge in [0, 0.05) is 43.8 Å². The third-order valence-corrected chi connectivity index (χ3v) is 18.4. The summed E-state index contributed by atoms with van der Waals surface area (Å²) in [7, 11) is 0. The van der Waals surface area contributed by atoms with Gasteiger partial charge in [0.05, 0.1) is 11.1 Å². The van der Waals surface area contributed by atoms with Crippen molar-refractivity contribution in [2.75, 3.05) is 9.80 Å². The zero-order valence-corrected chi connectivity index (χ0v) is 46.2. The molecule has 0 saturated carbocycles. The molecule has 0 saturated heterocycles. The van der Waals surface area contributed by atoms with Crippen LogP contribution in [-0.4, -0.2) is 6.71 Å². The van der Waals surface area contributed by atoms with Crippen molar-refractivity contribution in [2.24, 2.45) is 0 Å². The lowest BCUT2D eigenvalue weighted by Crippen LogP contribution is -2.61. The van der Waals surface area contributed by atoms with Crippen LogP contribution in [0.5, 0.6) is 0 Å². The number of nitrogens with zero attached hydrogens (tertiary/aromatic N) is 2. The van der Waals surface area contributed by atoms with Crippen LogP contribution in [0.15, 0.2) is 210 Å². The highest BCUT2D eigenvalue weighted by atomic mass is 32.2. The molecule has 0 fully saturated rings.